The Morgan fingerprint density at radius 3 is 0.931 bits per heavy atom. The maximum Gasteiger partial charge on any atom is 0.303 e. The van der Waals surface area contributed by atoms with Gasteiger partial charge in [0.25, 0.3) is 0 Å². The maximum absolute atomic E-state index is 12.3. The molecule has 0 radical (unpaired) electrons. The molecule has 1 unspecified atom stereocenters. The standard InChI is InChI=1S/C61H92O10S/c1-20-40(50-41(54(2,3)4)27-37(21-24-47(65)66)28-42(50)55(5,6)7)61(53(72)71-36-60(33-62,34-63)35-64,51-43(56(8,9)10)29-38(22-25-48(67)68)30-44(51)57(11,12)13)52-45(58(14,15)16)31-39(23-26-49(69)70)32-46(52)59(17,18)19/h27-32,40,62-64H,20-26,33-36H2,1-19H3,(H,65,66)(H,67,68)(H,69,70). The van der Waals surface area contributed by atoms with Crippen molar-refractivity contribution in [2.45, 2.75) is 220 Å². The van der Waals surface area contributed by atoms with Crippen molar-refractivity contribution in [1.29, 1.82) is 0 Å². The summed E-state index contributed by atoms with van der Waals surface area (Å²) < 4.78 is 7.22. The lowest BCUT2D eigenvalue weighted by molar-refractivity contribution is -0.138. The number of carbonyl (C=O) groups is 3. The van der Waals surface area contributed by atoms with Crippen molar-refractivity contribution in [3.63, 3.8) is 0 Å². The molecule has 0 fully saturated rings. The summed E-state index contributed by atoms with van der Waals surface area (Å²) in [5, 5.41) is 63.0. The van der Waals surface area contributed by atoms with Crippen LogP contribution in [0, 0.1) is 5.41 Å². The van der Waals surface area contributed by atoms with E-state index in [1.54, 1.807) is 0 Å². The average molecular weight is 1020 g/mol. The van der Waals surface area contributed by atoms with Gasteiger partial charge in [0.15, 0.2) is 5.05 Å². The first kappa shape index (κ1) is 62.1. The third kappa shape index (κ3) is 14.2. The van der Waals surface area contributed by atoms with E-state index >= 15 is 0 Å². The number of ether oxygens (including phenoxy) is 1. The second kappa shape index (κ2) is 22.8. The smallest absolute Gasteiger partial charge is 0.303 e. The summed E-state index contributed by atoms with van der Waals surface area (Å²) in [7, 11) is 0. The zero-order chi connectivity index (χ0) is 55.5. The van der Waals surface area contributed by atoms with E-state index < -0.39 is 87.0 Å². The van der Waals surface area contributed by atoms with Crippen LogP contribution in [0.3, 0.4) is 0 Å². The number of rotatable bonds is 20. The summed E-state index contributed by atoms with van der Waals surface area (Å²) in [4.78, 5) is 36.8. The van der Waals surface area contributed by atoms with Crippen molar-refractivity contribution in [2.75, 3.05) is 26.4 Å². The topological polar surface area (TPSA) is 182 Å². The summed E-state index contributed by atoms with van der Waals surface area (Å²) in [6, 6.07) is 12.9. The number of hydrogen-bond donors (Lipinski definition) is 6. The van der Waals surface area contributed by atoms with E-state index in [9.17, 15) is 45.0 Å². The number of benzene rings is 3. The molecule has 72 heavy (non-hydrogen) atoms. The van der Waals surface area contributed by atoms with Gasteiger partial charge >= 0.3 is 17.9 Å². The van der Waals surface area contributed by atoms with Crippen LogP contribution in [0.5, 0.6) is 0 Å². The summed E-state index contributed by atoms with van der Waals surface area (Å²) in [6.07, 6.45) is 1.13. The Morgan fingerprint density at radius 1 is 0.472 bits per heavy atom. The summed E-state index contributed by atoms with van der Waals surface area (Å²) in [6.45, 7) is 39.0. The van der Waals surface area contributed by atoms with Gasteiger partial charge in [0, 0.05) is 25.2 Å². The Hall–Kier alpha value is -4.16. The number of carboxylic acid groups (broad SMARTS) is 3. The van der Waals surface area contributed by atoms with E-state index in [1.807, 2.05) is 0 Å². The maximum atomic E-state index is 12.3. The molecule has 11 heteroatoms. The predicted octanol–water partition coefficient (Wildman–Crippen LogP) is 12.3. The molecule has 10 nitrogen and oxygen atoms in total. The van der Waals surface area contributed by atoms with Gasteiger partial charge in [0.05, 0.1) is 30.7 Å². The number of aliphatic carboxylic acids is 3. The van der Waals surface area contributed by atoms with Crippen molar-refractivity contribution in [2.24, 2.45) is 5.41 Å². The van der Waals surface area contributed by atoms with E-state index in [-0.39, 0.29) is 43.8 Å². The molecule has 402 valence electrons. The third-order valence-corrected chi connectivity index (χ3v) is 14.7. The van der Waals surface area contributed by atoms with E-state index in [4.69, 9.17) is 17.0 Å². The van der Waals surface area contributed by atoms with Crippen LogP contribution in [0.1, 0.15) is 230 Å². The van der Waals surface area contributed by atoms with Crippen LogP contribution >= 0.6 is 12.2 Å². The van der Waals surface area contributed by atoms with Crippen LogP contribution in [-0.2, 0) is 76.3 Å². The molecule has 0 aliphatic carbocycles. The molecular formula is C61H92O10S. The molecule has 0 amide bonds. The molecule has 0 spiro atoms. The van der Waals surface area contributed by atoms with Gasteiger partial charge in [-0.05, 0) is 137 Å². The molecule has 0 saturated carbocycles. The molecule has 0 saturated heterocycles. The highest BCUT2D eigenvalue weighted by Crippen LogP contribution is 2.60. The van der Waals surface area contributed by atoms with Crippen LogP contribution in [0.25, 0.3) is 0 Å². The quantitative estimate of drug-likeness (QED) is 0.0593. The second-order valence-corrected chi connectivity index (χ2v) is 27.1. The van der Waals surface area contributed by atoms with Gasteiger partial charge in [-0.1, -0.05) is 168 Å². The SMILES string of the molecule is CCC(c1c(C(C)(C)C)cc(CCC(=O)O)cc1C(C)(C)C)C(C(=S)OCC(CO)(CO)CO)(c1c(C(C)(C)C)cc(CCC(=O)O)cc1C(C)(C)C)c1c(C(C)(C)C)cc(CCC(=O)O)cc1C(C)(C)C. The van der Waals surface area contributed by atoms with Crippen molar-refractivity contribution < 1.29 is 49.8 Å². The second-order valence-electron chi connectivity index (χ2n) is 26.7. The molecule has 0 aliphatic heterocycles. The Labute approximate surface area is 438 Å². The first-order valence-electron chi connectivity index (χ1n) is 25.9. The minimum Gasteiger partial charge on any atom is -0.485 e. The van der Waals surface area contributed by atoms with Gasteiger partial charge in [0.2, 0.25) is 0 Å². The van der Waals surface area contributed by atoms with Crippen LogP contribution in [0.15, 0.2) is 36.4 Å². The summed E-state index contributed by atoms with van der Waals surface area (Å²) in [5.41, 5.74) is 4.70. The molecule has 3 aromatic carbocycles. The largest absolute Gasteiger partial charge is 0.485 e. The van der Waals surface area contributed by atoms with Gasteiger partial charge in [-0.25, -0.2) is 0 Å². The first-order valence-corrected chi connectivity index (χ1v) is 26.3. The number of thiocarbonyl (C=S) groups is 1. The average Bonchev–Trinajstić information content (AvgIpc) is 3.24. The number of aliphatic hydroxyl groups is 3. The Balaban J connectivity index is 3.27. The van der Waals surface area contributed by atoms with E-state index in [0.717, 1.165) is 66.8 Å². The fraction of sp³-hybridized carbons (Fsp3) is 0.639. The number of aryl methyl sites for hydroxylation is 3. The molecule has 0 aliphatic rings. The predicted molar refractivity (Wildman–Crippen MR) is 295 cm³/mol. The molecule has 6 N–H and O–H groups in total. The monoisotopic (exact) mass is 1020 g/mol. The van der Waals surface area contributed by atoms with Crippen LogP contribution in [-0.4, -0.2) is 80.0 Å². The van der Waals surface area contributed by atoms with Crippen molar-refractivity contribution in [3.05, 3.63) is 103 Å². The summed E-state index contributed by atoms with van der Waals surface area (Å²) >= 11 is 7.15. The van der Waals surface area contributed by atoms with Gasteiger partial charge in [-0.15, -0.1) is 0 Å². The van der Waals surface area contributed by atoms with Crippen LogP contribution in [0.4, 0.5) is 0 Å². The van der Waals surface area contributed by atoms with Gasteiger partial charge in [-0.3, -0.25) is 14.4 Å². The molecule has 0 aromatic heterocycles. The summed E-state index contributed by atoms with van der Waals surface area (Å²) in [5.74, 6) is -3.29. The van der Waals surface area contributed by atoms with Crippen molar-refractivity contribution in [3.8, 4) is 0 Å². The van der Waals surface area contributed by atoms with Crippen LogP contribution in [0.2, 0.25) is 0 Å². The van der Waals surface area contributed by atoms with Crippen LogP contribution < -0.4 is 0 Å². The van der Waals surface area contributed by atoms with Gasteiger partial charge in [-0.2, -0.15) is 0 Å². The minimum absolute atomic E-state index is 0.0515. The lowest BCUT2D eigenvalue weighted by Crippen LogP contribution is -2.51. The number of hydrogen-bond acceptors (Lipinski definition) is 8. The van der Waals surface area contributed by atoms with Crippen molar-refractivity contribution in [1.82, 2.24) is 0 Å². The fourth-order valence-electron chi connectivity index (χ4n) is 10.3. The molecule has 1 atom stereocenters. The molecule has 3 rings (SSSR count). The molecule has 3 aromatic rings. The van der Waals surface area contributed by atoms with E-state index in [1.165, 1.54) is 0 Å². The molecule has 0 bridgehead atoms. The van der Waals surface area contributed by atoms with Gasteiger partial charge in [0.1, 0.15) is 6.61 Å². The first-order chi connectivity index (χ1) is 32.7. The highest BCUT2D eigenvalue weighted by molar-refractivity contribution is 7.80. The van der Waals surface area contributed by atoms with Gasteiger partial charge < -0.3 is 35.4 Å². The Bertz CT molecular complexity index is 2220. The zero-order valence-corrected chi connectivity index (χ0v) is 48.4. The third-order valence-electron chi connectivity index (χ3n) is 14.3. The number of carboxylic acids is 3. The molecular weight excluding hydrogens is 925 g/mol. The Kier molecular flexibility index (Phi) is 19.6. The lowest BCUT2D eigenvalue weighted by atomic mass is 9.52. The fourth-order valence-corrected chi connectivity index (χ4v) is 10.7. The normalized spacial score (nSPS) is 13.8. The highest BCUT2D eigenvalue weighted by atomic mass is 32.1. The zero-order valence-electron chi connectivity index (χ0n) is 47.5. The Morgan fingerprint density at radius 2 is 0.722 bits per heavy atom. The lowest BCUT2D eigenvalue weighted by Gasteiger charge is -2.52. The van der Waals surface area contributed by atoms with E-state index in [2.05, 4.69) is 168 Å². The van der Waals surface area contributed by atoms with E-state index in [0.29, 0.717) is 12.8 Å². The molecule has 0 heterocycles. The highest BCUT2D eigenvalue weighted by Gasteiger charge is 2.57. The minimum atomic E-state index is -1.49. The number of aliphatic hydroxyl groups excluding tert-OH is 3. The van der Waals surface area contributed by atoms with Crippen molar-refractivity contribution >= 4 is 35.2 Å².